The molecule has 1 aromatic carbocycles. The van der Waals surface area contributed by atoms with E-state index >= 15 is 0 Å². The summed E-state index contributed by atoms with van der Waals surface area (Å²) < 4.78 is 10.6. The molecule has 4 heteroatoms. The molecule has 2 bridgehead atoms. The predicted octanol–water partition coefficient (Wildman–Crippen LogP) is 2.57. The molecule has 1 aromatic rings. The van der Waals surface area contributed by atoms with E-state index in [4.69, 9.17) is 9.47 Å². The van der Waals surface area contributed by atoms with Gasteiger partial charge in [-0.3, -0.25) is 4.79 Å². The molecule has 0 aromatic heterocycles. The number of anilines is 1. The van der Waals surface area contributed by atoms with Crippen LogP contribution in [0.5, 0.6) is 11.5 Å². The van der Waals surface area contributed by atoms with Crippen LogP contribution in [-0.2, 0) is 4.79 Å². The number of benzene rings is 1. The third-order valence-corrected chi connectivity index (χ3v) is 4.26. The minimum atomic E-state index is 0.121. The Morgan fingerprint density at radius 1 is 1.16 bits per heavy atom. The molecule has 4 rings (SSSR count). The minimum Gasteiger partial charge on any atom is -0.454 e. The number of amides is 1. The Bertz CT molecular complexity index is 567. The van der Waals surface area contributed by atoms with Crippen LogP contribution in [0.3, 0.4) is 0 Å². The van der Waals surface area contributed by atoms with Crippen molar-refractivity contribution in [3.63, 3.8) is 0 Å². The van der Waals surface area contributed by atoms with Crippen molar-refractivity contribution in [1.29, 1.82) is 0 Å². The van der Waals surface area contributed by atoms with Gasteiger partial charge in [-0.15, -0.1) is 0 Å². The molecule has 98 valence electrons. The molecule has 0 radical (unpaired) electrons. The summed E-state index contributed by atoms with van der Waals surface area (Å²) in [6, 6.07) is 5.51. The first-order valence-electron chi connectivity index (χ1n) is 6.68. The van der Waals surface area contributed by atoms with Gasteiger partial charge in [-0.05, 0) is 36.8 Å². The lowest BCUT2D eigenvalue weighted by Gasteiger charge is -2.17. The lowest BCUT2D eigenvalue weighted by atomic mass is 9.93. The van der Waals surface area contributed by atoms with Gasteiger partial charge in [-0.1, -0.05) is 12.2 Å². The van der Waals surface area contributed by atoms with Gasteiger partial charge in [0, 0.05) is 17.7 Å². The van der Waals surface area contributed by atoms with Gasteiger partial charge in [0.1, 0.15) is 0 Å². The molecular weight excluding hydrogens is 242 g/mol. The summed E-state index contributed by atoms with van der Waals surface area (Å²) in [5.41, 5.74) is 0.779. The topological polar surface area (TPSA) is 47.6 Å². The molecule has 2 aliphatic carbocycles. The standard InChI is InChI=1S/C15H15NO3/c17-15(12-6-9-1-2-10(12)5-9)16-11-3-4-13-14(7-11)19-8-18-13/h1-4,7,9-10,12H,5-6,8H2,(H,16,17). The summed E-state index contributed by atoms with van der Waals surface area (Å²) in [5, 5.41) is 2.99. The zero-order valence-corrected chi connectivity index (χ0v) is 10.5. The fourth-order valence-corrected chi connectivity index (χ4v) is 3.29. The van der Waals surface area contributed by atoms with E-state index in [0.717, 1.165) is 24.3 Å². The molecule has 0 saturated heterocycles. The van der Waals surface area contributed by atoms with Gasteiger partial charge in [-0.25, -0.2) is 0 Å². The van der Waals surface area contributed by atoms with Crippen LogP contribution < -0.4 is 14.8 Å². The van der Waals surface area contributed by atoms with Crippen LogP contribution in [0.15, 0.2) is 30.4 Å². The monoisotopic (exact) mass is 257 g/mol. The molecule has 4 nitrogen and oxygen atoms in total. The first-order chi connectivity index (χ1) is 9.29. The molecule has 0 spiro atoms. The van der Waals surface area contributed by atoms with Crippen LogP contribution in [0.25, 0.3) is 0 Å². The van der Waals surface area contributed by atoms with Crippen molar-refractivity contribution in [2.24, 2.45) is 17.8 Å². The highest BCUT2D eigenvalue weighted by Gasteiger charge is 2.39. The number of carbonyl (C=O) groups excluding carboxylic acids is 1. The van der Waals surface area contributed by atoms with Gasteiger partial charge < -0.3 is 14.8 Å². The molecule has 1 heterocycles. The smallest absolute Gasteiger partial charge is 0.231 e. The highest BCUT2D eigenvalue weighted by Crippen LogP contribution is 2.44. The van der Waals surface area contributed by atoms with Crippen molar-refractivity contribution in [2.75, 3.05) is 12.1 Å². The SMILES string of the molecule is O=C(Nc1ccc2c(c1)OCO2)C1CC2C=CC1C2. The lowest BCUT2D eigenvalue weighted by Crippen LogP contribution is -2.25. The Morgan fingerprint density at radius 2 is 2.05 bits per heavy atom. The number of hydrogen-bond donors (Lipinski definition) is 1. The molecule has 1 N–H and O–H groups in total. The zero-order valence-electron chi connectivity index (χ0n) is 10.5. The molecule has 3 unspecified atom stereocenters. The van der Waals surface area contributed by atoms with Crippen molar-refractivity contribution in [3.05, 3.63) is 30.4 Å². The van der Waals surface area contributed by atoms with Gasteiger partial charge >= 0.3 is 0 Å². The van der Waals surface area contributed by atoms with Crippen molar-refractivity contribution in [1.82, 2.24) is 0 Å². The van der Waals surface area contributed by atoms with E-state index in [9.17, 15) is 4.79 Å². The highest BCUT2D eigenvalue weighted by molar-refractivity contribution is 5.93. The molecule has 1 saturated carbocycles. The maximum absolute atomic E-state index is 12.3. The van der Waals surface area contributed by atoms with Gasteiger partial charge in [0.2, 0.25) is 12.7 Å². The van der Waals surface area contributed by atoms with Crippen molar-refractivity contribution < 1.29 is 14.3 Å². The molecular formula is C15H15NO3. The van der Waals surface area contributed by atoms with Crippen LogP contribution >= 0.6 is 0 Å². The second-order valence-electron chi connectivity index (χ2n) is 5.44. The van der Waals surface area contributed by atoms with Crippen LogP contribution in [0.2, 0.25) is 0 Å². The van der Waals surface area contributed by atoms with Gasteiger partial charge in [-0.2, -0.15) is 0 Å². The number of nitrogens with one attached hydrogen (secondary N) is 1. The Kier molecular flexibility index (Phi) is 2.31. The second-order valence-corrected chi connectivity index (χ2v) is 5.44. The third-order valence-electron chi connectivity index (χ3n) is 4.26. The number of fused-ring (bicyclic) bond motifs is 3. The van der Waals surface area contributed by atoms with Crippen LogP contribution in [0.4, 0.5) is 5.69 Å². The van der Waals surface area contributed by atoms with E-state index in [2.05, 4.69) is 17.5 Å². The first-order valence-corrected chi connectivity index (χ1v) is 6.68. The Hall–Kier alpha value is -1.97. The predicted molar refractivity (Wildman–Crippen MR) is 70.0 cm³/mol. The van der Waals surface area contributed by atoms with Crippen LogP contribution in [0.1, 0.15) is 12.8 Å². The maximum atomic E-state index is 12.3. The first kappa shape index (κ1) is 10.9. The molecule has 1 aliphatic heterocycles. The van der Waals surface area contributed by atoms with Crippen molar-refractivity contribution in [2.45, 2.75) is 12.8 Å². The summed E-state index contributed by atoms with van der Waals surface area (Å²) in [6.07, 6.45) is 6.56. The Balaban J connectivity index is 1.49. The quantitative estimate of drug-likeness (QED) is 0.828. The summed E-state index contributed by atoms with van der Waals surface area (Å²) in [6.45, 7) is 0.254. The second kappa shape index (κ2) is 4.02. The van der Waals surface area contributed by atoms with Gasteiger partial charge in [0.25, 0.3) is 0 Å². The number of allylic oxidation sites excluding steroid dienone is 2. The lowest BCUT2D eigenvalue weighted by molar-refractivity contribution is -0.120. The molecule has 3 atom stereocenters. The average Bonchev–Trinajstić information content (AvgIpc) is 3.13. The Labute approximate surface area is 111 Å². The summed E-state index contributed by atoms with van der Waals surface area (Å²) >= 11 is 0. The normalized spacial score (nSPS) is 29.8. The fraction of sp³-hybridized carbons (Fsp3) is 0.400. The van der Waals surface area contributed by atoms with E-state index in [1.807, 2.05) is 18.2 Å². The van der Waals surface area contributed by atoms with Crippen LogP contribution in [-0.4, -0.2) is 12.7 Å². The molecule has 19 heavy (non-hydrogen) atoms. The molecule has 1 fully saturated rings. The number of carbonyl (C=O) groups is 1. The van der Waals surface area contributed by atoms with Gasteiger partial charge in [0.15, 0.2) is 11.5 Å². The van der Waals surface area contributed by atoms with E-state index < -0.39 is 0 Å². The summed E-state index contributed by atoms with van der Waals surface area (Å²) in [5.74, 6) is 2.72. The largest absolute Gasteiger partial charge is 0.454 e. The van der Waals surface area contributed by atoms with E-state index in [1.165, 1.54) is 0 Å². The molecule has 1 amide bonds. The average molecular weight is 257 g/mol. The van der Waals surface area contributed by atoms with Crippen molar-refractivity contribution in [3.8, 4) is 11.5 Å². The van der Waals surface area contributed by atoms with Crippen molar-refractivity contribution >= 4 is 11.6 Å². The Morgan fingerprint density at radius 3 is 2.84 bits per heavy atom. The van der Waals surface area contributed by atoms with E-state index in [-0.39, 0.29) is 18.6 Å². The minimum absolute atomic E-state index is 0.121. The van der Waals surface area contributed by atoms with Gasteiger partial charge in [0.05, 0.1) is 0 Å². The third kappa shape index (κ3) is 1.79. The fourth-order valence-electron chi connectivity index (χ4n) is 3.29. The number of hydrogen-bond acceptors (Lipinski definition) is 3. The summed E-state index contributed by atoms with van der Waals surface area (Å²) in [7, 11) is 0. The zero-order chi connectivity index (χ0) is 12.8. The number of rotatable bonds is 2. The number of ether oxygens (including phenoxy) is 2. The summed E-state index contributed by atoms with van der Waals surface area (Å²) in [4.78, 5) is 12.3. The molecule has 3 aliphatic rings. The highest BCUT2D eigenvalue weighted by atomic mass is 16.7. The van der Waals surface area contributed by atoms with Crippen LogP contribution in [0, 0.1) is 17.8 Å². The maximum Gasteiger partial charge on any atom is 0.231 e. The van der Waals surface area contributed by atoms with E-state index in [0.29, 0.717) is 17.6 Å². The van der Waals surface area contributed by atoms with E-state index in [1.54, 1.807) is 0 Å².